The Morgan fingerprint density at radius 3 is 2.72 bits per heavy atom. The summed E-state index contributed by atoms with van der Waals surface area (Å²) in [7, 11) is 1.66. The Bertz CT molecular complexity index is 549. The Kier molecular flexibility index (Phi) is 3.62. The molecular formula is C13H17N3O2. The van der Waals surface area contributed by atoms with Crippen LogP contribution in [0.1, 0.15) is 22.4 Å². The van der Waals surface area contributed by atoms with E-state index in [0.717, 1.165) is 28.1 Å². The van der Waals surface area contributed by atoms with Gasteiger partial charge in [-0.1, -0.05) is 0 Å². The average Bonchev–Trinajstić information content (AvgIpc) is 2.81. The highest BCUT2D eigenvalue weighted by Gasteiger charge is 2.10. The second-order valence-electron chi connectivity index (χ2n) is 4.25. The topological polar surface area (TPSA) is 60.2 Å². The predicted molar refractivity (Wildman–Crippen MR) is 67.5 cm³/mol. The van der Waals surface area contributed by atoms with Gasteiger partial charge in [-0.05, 0) is 13.8 Å². The number of aryl methyl sites for hydroxylation is 1. The molecule has 2 rings (SSSR count). The van der Waals surface area contributed by atoms with Crippen LogP contribution < -0.4 is 4.74 Å². The molecule has 18 heavy (non-hydrogen) atoms. The molecular weight excluding hydrogens is 230 g/mol. The molecule has 0 unspecified atom stereocenters. The molecule has 0 saturated carbocycles. The van der Waals surface area contributed by atoms with Gasteiger partial charge in [-0.2, -0.15) is 5.10 Å². The van der Waals surface area contributed by atoms with E-state index < -0.39 is 0 Å². The highest BCUT2D eigenvalue weighted by Crippen LogP contribution is 2.24. The molecule has 0 aliphatic carbocycles. The number of ether oxygens (including phenoxy) is 1. The van der Waals surface area contributed by atoms with E-state index >= 15 is 0 Å². The van der Waals surface area contributed by atoms with Crippen LogP contribution in [0.3, 0.4) is 0 Å². The van der Waals surface area contributed by atoms with Gasteiger partial charge in [0.15, 0.2) is 0 Å². The number of aliphatic hydroxyl groups is 1. The van der Waals surface area contributed by atoms with E-state index in [-0.39, 0.29) is 6.61 Å². The first kappa shape index (κ1) is 12.6. The highest BCUT2D eigenvalue weighted by molar-refractivity contribution is 5.41. The van der Waals surface area contributed by atoms with Crippen LogP contribution in [-0.2, 0) is 13.2 Å². The molecule has 0 aliphatic heterocycles. The van der Waals surface area contributed by atoms with E-state index in [1.54, 1.807) is 24.2 Å². The van der Waals surface area contributed by atoms with Crippen LogP contribution in [0.4, 0.5) is 0 Å². The van der Waals surface area contributed by atoms with E-state index in [9.17, 15) is 0 Å². The minimum Gasteiger partial charge on any atom is -0.496 e. The Balaban J connectivity index is 2.29. The van der Waals surface area contributed by atoms with Gasteiger partial charge in [0.25, 0.3) is 0 Å². The number of nitrogens with zero attached hydrogens (tertiary/aromatic N) is 3. The summed E-state index contributed by atoms with van der Waals surface area (Å²) in [6, 6.07) is 0. The SMILES string of the molecule is COc1c(C)cnc(Cn2cc(CO)cn2)c1C. The van der Waals surface area contributed by atoms with E-state index in [2.05, 4.69) is 10.1 Å². The normalized spacial score (nSPS) is 10.7. The van der Waals surface area contributed by atoms with E-state index in [4.69, 9.17) is 9.84 Å². The lowest BCUT2D eigenvalue weighted by atomic mass is 10.1. The van der Waals surface area contributed by atoms with Gasteiger partial charge in [-0.3, -0.25) is 9.67 Å². The zero-order valence-electron chi connectivity index (χ0n) is 10.8. The van der Waals surface area contributed by atoms with E-state index in [0.29, 0.717) is 6.54 Å². The number of aliphatic hydroxyl groups excluding tert-OH is 1. The Morgan fingerprint density at radius 1 is 1.33 bits per heavy atom. The van der Waals surface area contributed by atoms with Crippen LogP contribution in [0.25, 0.3) is 0 Å². The number of methoxy groups -OCH3 is 1. The van der Waals surface area contributed by atoms with Crippen molar-refractivity contribution in [3.05, 3.63) is 41.0 Å². The summed E-state index contributed by atoms with van der Waals surface area (Å²) in [4.78, 5) is 4.41. The fraction of sp³-hybridized carbons (Fsp3) is 0.385. The molecule has 0 spiro atoms. The maximum Gasteiger partial charge on any atom is 0.128 e. The third-order valence-corrected chi connectivity index (χ3v) is 2.93. The van der Waals surface area contributed by atoms with Crippen molar-refractivity contribution in [1.82, 2.24) is 14.8 Å². The van der Waals surface area contributed by atoms with Crippen LogP contribution in [0.15, 0.2) is 18.6 Å². The van der Waals surface area contributed by atoms with Gasteiger partial charge in [0.2, 0.25) is 0 Å². The zero-order chi connectivity index (χ0) is 13.1. The summed E-state index contributed by atoms with van der Waals surface area (Å²) < 4.78 is 7.13. The van der Waals surface area contributed by atoms with Crippen LogP contribution in [0.2, 0.25) is 0 Å². The van der Waals surface area contributed by atoms with Crippen molar-refractivity contribution in [1.29, 1.82) is 0 Å². The Hall–Kier alpha value is -1.88. The minimum absolute atomic E-state index is 0.00360. The monoisotopic (exact) mass is 247 g/mol. The second-order valence-corrected chi connectivity index (χ2v) is 4.25. The smallest absolute Gasteiger partial charge is 0.128 e. The quantitative estimate of drug-likeness (QED) is 0.888. The maximum atomic E-state index is 9.00. The summed E-state index contributed by atoms with van der Waals surface area (Å²) in [5.74, 6) is 0.870. The molecule has 0 bridgehead atoms. The fourth-order valence-corrected chi connectivity index (χ4v) is 1.96. The van der Waals surface area contributed by atoms with Gasteiger partial charge in [0.1, 0.15) is 5.75 Å². The largest absolute Gasteiger partial charge is 0.496 e. The van der Waals surface area contributed by atoms with E-state index in [1.165, 1.54) is 0 Å². The summed E-state index contributed by atoms with van der Waals surface area (Å²) in [5.41, 5.74) is 3.77. The molecule has 0 saturated heterocycles. The van der Waals surface area contributed by atoms with Crippen molar-refractivity contribution in [2.45, 2.75) is 27.0 Å². The lowest BCUT2D eigenvalue weighted by Gasteiger charge is -2.12. The molecule has 0 amide bonds. The molecule has 0 fully saturated rings. The van der Waals surface area contributed by atoms with Crippen molar-refractivity contribution >= 4 is 0 Å². The fourth-order valence-electron chi connectivity index (χ4n) is 1.96. The number of hydrogen-bond acceptors (Lipinski definition) is 4. The first-order valence-electron chi connectivity index (χ1n) is 5.77. The van der Waals surface area contributed by atoms with Crippen LogP contribution in [0.5, 0.6) is 5.75 Å². The third kappa shape index (κ3) is 2.36. The first-order chi connectivity index (χ1) is 8.65. The molecule has 0 aromatic carbocycles. The molecule has 0 aliphatic rings. The predicted octanol–water partition coefficient (Wildman–Crippen LogP) is 1.44. The van der Waals surface area contributed by atoms with E-state index in [1.807, 2.05) is 20.0 Å². The molecule has 0 atom stereocenters. The van der Waals surface area contributed by atoms with Crippen LogP contribution >= 0.6 is 0 Å². The summed E-state index contributed by atoms with van der Waals surface area (Å²) in [6.07, 6.45) is 5.27. The van der Waals surface area contributed by atoms with Gasteiger partial charge >= 0.3 is 0 Å². The average molecular weight is 247 g/mol. The number of hydrogen-bond donors (Lipinski definition) is 1. The molecule has 5 heteroatoms. The van der Waals surface area contributed by atoms with Crippen molar-refractivity contribution in [3.63, 3.8) is 0 Å². The standard InChI is InChI=1S/C13H17N3O2/c1-9-4-14-12(10(2)13(9)18-3)7-16-6-11(8-17)5-15-16/h4-6,17H,7-8H2,1-3H3. The molecule has 2 aromatic rings. The molecule has 96 valence electrons. The molecule has 0 radical (unpaired) electrons. The lowest BCUT2D eigenvalue weighted by molar-refractivity contribution is 0.281. The van der Waals surface area contributed by atoms with Crippen molar-refractivity contribution < 1.29 is 9.84 Å². The molecule has 2 aromatic heterocycles. The summed E-state index contributed by atoms with van der Waals surface area (Å²) in [5, 5.41) is 13.2. The maximum absolute atomic E-state index is 9.00. The minimum atomic E-state index is 0.00360. The summed E-state index contributed by atoms with van der Waals surface area (Å²) in [6.45, 7) is 4.54. The third-order valence-electron chi connectivity index (χ3n) is 2.93. The number of rotatable bonds is 4. The molecule has 5 nitrogen and oxygen atoms in total. The van der Waals surface area contributed by atoms with Gasteiger partial charge in [-0.25, -0.2) is 0 Å². The highest BCUT2D eigenvalue weighted by atomic mass is 16.5. The lowest BCUT2D eigenvalue weighted by Crippen LogP contribution is -2.06. The van der Waals surface area contributed by atoms with Crippen molar-refractivity contribution in [3.8, 4) is 5.75 Å². The van der Waals surface area contributed by atoms with Gasteiger partial charge in [0.05, 0.1) is 32.2 Å². The van der Waals surface area contributed by atoms with Crippen LogP contribution in [0, 0.1) is 13.8 Å². The van der Waals surface area contributed by atoms with Crippen molar-refractivity contribution in [2.75, 3.05) is 7.11 Å². The first-order valence-corrected chi connectivity index (χ1v) is 5.77. The van der Waals surface area contributed by atoms with Gasteiger partial charge < -0.3 is 9.84 Å². The van der Waals surface area contributed by atoms with Crippen molar-refractivity contribution in [2.24, 2.45) is 0 Å². The number of aromatic nitrogens is 3. The van der Waals surface area contributed by atoms with Gasteiger partial charge in [0, 0.05) is 29.1 Å². The Labute approximate surface area is 106 Å². The summed E-state index contributed by atoms with van der Waals surface area (Å²) >= 11 is 0. The number of pyridine rings is 1. The Morgan fingerprint density at radius 2 is 2.11 bits per heavy atom. The van der Waals surface area contributed by atoms with Gasteiger partial charge in [-0.15, -0.1) is 0 Å². The molecule has 2 heterocycles. The molecule has 1 N–H and O–H groups in total. The second kappa shape index (κ2) is 5.18. The zero-order valence-corrected chi connectivity index (χ0v) is 10.8. The van der Waals surface area contributed by atoms with Crippen LogP contribution in [-0.4, -0.2) is 27.0 Å².